The molecule has 0 saturated carbocycles. The molecule has 1 unspecified atom stereocenters. The summed E-state index contributed by atoms with van der Waals surface area (Å²) < 4.78 is 5.26. The van der Waals surface area contributed by atoms with Crippen molar-refractivity contribution in [2.24, 2.45) is 0 Å². The highest BCUT2D eigenvalue weighted by molar-refractivity contribution is 9.10. The third-order valence-electron chi connectivity index (χ3n) is 1.64. The fourth-order valence-electron chi connectivity index (χ4n) is 0.939. The van der Waals surface area contributed by atoms with Gasteiger partial charge in [-0.05, 0) is 23.8 Å². The van der Waals surface area contributed by atoms with Gasteiger partial charge in [0.25, 0.3) is 0 Å². The van der Waals surface area contributed by atoms with E-state index in [1.165, 1.54) is 7.11 Å². The van der Waals surface area contributed by atoms with Gasteiger partial charge in [0.05, 0.1) is 7.11 Å². The van der Waals surface area contributed by atoms with E-state index in [2.05, 4.69) is 20.7 Å². The third kappa shape index (κ3) is 2.62. The molecule has 1 aromatic carbocycles. The van der Waals surface area contributed by atoms with E-state index in [1.807, 2.05) is 0 Å². The summed E-state index contributed by atoms with van der Waals surface area (Å²) in [5.74, 6) is -0.505. The molecule has 76 valence electrons. The van der Waals surface area contributed by atoms with Crippen molar-refractivity contribution >= 4 is 45.1 Å². The van der Waals surface area contributed by atoms with Crippen molar-refractivity contribution in [3.8, 4) is 0 Å². The summed E-state index contributed by atoms with van der Waals surface area (Å²) in [4.78, 5) is 11.2. The minimum absolute atomic E-state index is 0.505. The van der Waals surface area contributed by atoms with Crippen molar-refractivity contribution in [2.45, 2.75) is 5.38 Å². The normalized spacial score (nSPS) is 12.3. The van der Waals surface area contributed by atoms with E-state index in [9.17, 15) is 4.79 Å². The second-order valence-corrected chi connectivity index (χ2v) is 4.28. The molecule has 0 spiro atoms. The predicted octanol–water partition coefficient (Wildman–Crippen LogP) is 3.56. The molecule has 0 amide bonds. The Kier molecular flexibility index (Phi) is 4.23. The predicted molar refractivity (Wildman–Crippen MR) is 59.8 cm³/mol. The van der Waals surface area contributed by atoms with Crippen molar-refractivity contribution in [3.63, 3.8) is 0 Å². The summed E-state index contributed by atoms with van der Waals surface area (Å²) in [5, 5.41) is -0.314. The fourth-order valence-corrected chi connectivity index (χ4v) is 2.00. The second kappa shape index (κ2) is 5.01. The average Bonchev–Trinajstić information content (AvgIpc) is 2.19. The standard InChI is InChI=1S/C9H7BrCl2O2/c1-14-9(13)8(12)6-4-5(11)2-3-7(6)10/h2-4,8H,1H3. The molecule has 1 aromatic rings. The van der Waals surface area contributed by atoms with Crippen LogP contribution in [0.2, 0.25) is 5.02 Å². The van der Waals surface area contributed by atoms with Gasteiger partial charge in [0.15, 0.2) is 5.38 Å². The molecule has 1 atom stereocenters. The van der Waals surface area contributed by atoms with Gasteiger partial charge in [-0.15, -0.1) is 11.6 Å². The van der Waals surface area contributed by atoms with Gasteiger partial charge in [-0.3, -0.25) is 4.79 Å². The lowest BCUT2D eigenvalue weighted by Gasteiger charge is -2.09. The van der Waals surface area contributed by atoms with Gasteiger partial charge in [-0.25, -0.2) is 0 Å². The highest BCUT2D eigenvalue weighted by atomic mass is 79.9. The maximum atomic E-state index is 11.2. The zero-order valence-corrected chi connectivity index (χ0v) is 10.4. The Morgan fingerprint density at radius 2 is 2.21 bits per heavy atom. The first-order chi connectivity index (χ1) is 6.56. The summed E-state index contributed by atoms with van der Waals surface area (Å²) >= 11 is 14.9. The van der Waals surface area contributed by atoms with Crippen LogP contribution in [0.1, 0.15) is 10.9 Å². The lowest BCUT2D eigenvalue weighted by Crippen LogP contribution is -2.09. The highest BCUT2D eigenvalue weighted by Crippen LogP contribution is 2.31. The largest absolute Gasteiger partial charge is 0.468 e. The number of hydrogen-bond acceptors (Lipinski definition) is 2. The summed E-state index contributed by atoms with van der Waals surface area (Å²) in [5.41, 5.74) is 0.603. The third-order valence-corrected chi connectivity index (χ3v) is 3.01. The molecule has 0 bridgehead atoms. The molecule has 0 saturated heterocycles. The zero-order chi connectivity index (χ0) is 10.7. The number of halogens is 3. The Balaban J connectivity index is 3.05. The Labute approximate surface area is 100 Å². The minimum atomic E-state index is -0.840. The molecule has 0 aromatic heterocycles. The zero-order valence-electron chi connectivity index (χ0n) is 7.26. The highest BCUT2D eigenvalue weighted by Gasteiger charge is 2.20. The maximum Gasteiger partial charge on any atom is 0.328 e. The van der Waals surface area contributed by atoms with Gasteiger partial charge >= 0.3 is 5.97 Å². The number of ether oxygens (including phenoxy) is 1. The van der Waals surface area contributed by atoms with Crippen molar-refractivity contribution in [2.75, 3.05) is 7.11 Å². The molecule has 2 nitrogen and oxygen atoms in total. The minimum Gasteiger partial charge on any atom is -0.468 e. The Hall–Kier alpha value is -0.250. The molecule has 0 radical (unpaired) electrons. The fraction of sp³-hybridized carbons (Fsp3) is 0.222. The topological polar surface area (TPSA) is 26.3 Å². The SMILES string of the molecule is COC(=O)C(Cl)c1cc(Cl)ccc1Br. The first-order valence-electron chi connectivity index (χ1n) is 3.73. The number of alkyl halides is 1. The smallest absolute Gasteiger partial charge is 0.328 e. The number of carbonyl (C=O) groups excluding carboxylic acids is 1. The van der Waals surface area contributed by atoms with Gasteiger partial charge in [0.2, 0.25) is 0 Å². The summed E-state index contributed by atoms with van der Waals surface area (Å²) in [6, 6.07) is 5.06. The molecular weight excluding hydrogens is 291 g/mol. The lowest BCUT2D eigenvalue weighted by molar-refractivity contribution is -0.140. The molecule has 14 heavy (non-hydrogen) atoms. The summed E-state index contributed by atoms with van der Waals surface area (Å²) in [7, 11) is 1.29. The van der Waals surface area contributed by atoms with E-state index >= 15 is 0 Å². The van der Waals surface area contributed by atoms with Gasteiger partial charge in [-0.2, -0.15) is 0 Å². The Bertz CT molecular complexity index is 355. The van der Waals surface area contributed by atoms with E-state index < -0.39 is 11.3 Å². The number of hydrogen-bond donors (Lipinski definition) is 0. The summed E-state index contributed by atoms with van der Waals surface area (Å²) in [6.45, 7) is 0. The van der Waals surface area contributed by atoms with E-state index in [4.69, 9.17) is 23.2 Å². The Morgan fingerprint density at radius 3 is 2.79 bits per heavy atom. The molecule has 0 N–H and O–H groups in total. The van der Waals surface area contributed by atoms with E-state index in [1.54, 1.807) is 18.2 Å². The van der Waals surface area contributed by atoms with Crippen LogP contribution >= 0.6 is 39.1 Å². The molecule has 5 heteroatoms. The number of rotatable bonds is 2. The first-order valence-corrected chi connectivity index (χ1v) is 5.34. The second-order valence-electron chi connectivity index (χ2n) is 2.55. The maximum absolute atomic E-state index is 11.2. The van der Waals surface area contributed by atoms with Crippen LogP contribution in [0.5, 0.6) is 0 Å². The van der Waals surface area contributed by atoms with Crippen LogP contribution in [0, 0.1) is 0 Å². The van der Waals surface area contributed by atoms with Gasteiger partial charge in [-0.1, -0.05) is 27.5 Å². The molecule has 0 aliphatic carbocycles. The van der Waals surface area contributed by atoms with Gasteiger partial charge < -0.3 is 4.74 Å². The quantitative estimate of drug-likeness (QED) is 0.616. The summed E-state index contributed by atoms with van der Waals surface area (Å²) in [6.07, 6.45) is 0. The van der Waals surface area contributed by atoms with E-state index in [0.717, 1.165) is 4.47 Å². The van der Waals surface area contributed by atoms with Crippen LogP contribution in [0.25, 0.3) is 0 Å². The molecule has 0 heterocycles. The average molecular weight is 298 g/mol. The molecule has 0 fully saturated rings. The van der Waals surface area contributed by atoms with Crippen LogP contribution in [0.3, 0.4) is 0 Å². The molecule has 1 rings (SSSR count). The van der Waals surface area contributed by atoms with Crippen LogP contribution in [-0.4, -0.2) is 13.1 Å². The number of methoxy groups -OCH3 is 1. The number of carbonyl (C=O) groups is 1. The first kappa shape index (κ1) is 11.8. The van der Waals surface area contributed by atoms with Crippen LogP contribution in [0.4, 0.5) is 0 Å². The van der Waals surface area contributed by atoms with Crippen molar-refractivity contribution in [1.82, 2.24) is 0 Å². The molecule has 0 aliphatic rings. The van der Waals surface area contributed by atoms with Crippen LogP contribution in [0.15, 0.2) is 22.7 Å². The van der Waals surface area contributed by atoms with Crippen molar-refractivity contribution in [3.05, 3.63) is 33.3 Å². The van der Waals surface area contributed by atoms with Gasteiger partial charge in [0, 0.05) is 9.50 Å². The van der Waals surface area contributed by atoms with Crippen molar-refractivity contribution < 1.29 is 9.53 Å². The van der Waals surface area contributed by atoms with E-state index in [-0.39, 0.29) is 0 Å². The van der Waals surface area contributed by atoms with Crippen molar-refractivity contribution in [1.29, 1.82) is 0 Å². The molecular formula is C9H7BrCl2O2. The molecule has 0 aliphatic heterocycles. The monoisotopic (exact) mass is 296 g/mol. The number of benzene rings is 1. The van der Waals surface area contributed by atoms with Crippen LogP contribution in [-0.2, 0) is 9.53 Å². The lowest BCUT2D eigenvalue weighted by atomic mass is 10.1. The number of esters is 1. The van der Waals surface area contributed by atoms with E-state index in [0.29, 0.717) is 10.6 Å². The van der Waals surface area contributed by atoms with Crippen LogP contribution < -0.4 is 0 Å². The van der Waals surface area contributed by atoms with Gasteiger partial charge in [0.1, 0.15) is 0 Å². The Morgan fingerprint density at radius 1 is 1.57 bits per heavy atom.